The molecule has 0 spiro atoms. The SMILES string of the molecule is NC(CC(=O)O)c1ccncn1. The first-order valence-electron chi connectivity index (χ1n) is 3.43. The van der Waals surface area contributed by atoms with Crippen molar-refractivity contribution >= 4 is 5.97 Å². The summed E-state index contributed by atoms with van der Waals surface area (Å²) in [5.74, 6) is -0.930. The van der Waals surface area contributed by atoms with Crippen LogP contribution in [0.3, 0.4) is 0 Å². The lowest BCUT2D eigenvalue weighted by Gasteiger charge is -2.05. The van der Waals surface area contributed by atoms with Gasteiger partial charge in [0.15, 0.2) is 0 Å². The summed E-state index contributed by atoms with van der Waals surface area (Å²) in [6.07, 6.45) is 2.76. The molecule has 1 heterocycles. The Morgan fingerprint density at radius 1 is 1.75 bits per heavy atom. The maximum atomic E-state index is 10.3. The van der Waals surface area contributed by atoms with Gasteiger partial charge in [-0.2, -0.15) is 0 Å². The number of hydrogen-bond donors (Lipinski definition) is 2. The molecule has 1 atom stereocenters. The number of nitrogens with two attached hydrogens (primary N) is 1. The van der Waals surface area contributed by atoms with Gasteiger partial charge >= 0.3 is 5.97 Å². The zero-order chi connectivity index (χ0) is 8.97. The monoisotopic (exact) mass is 167 g/mol. The van der Waals surface area contributed by atoms with Crippen molar-refractivity contribution in [3.63, 3.8) is 0 Å². The molecule has 64 valence electrons. The van der Waals surface area contributed by atoms with Crippen LogP contribution in [-0.4, -0.2) is 21.0 Å². The van der Waals surface area contributed by atoms with Gasteiger partial charge in [-0.05, 0) is 6.07 Å². The highest BCUT2D eigenvalue weighted by Gasteiger charge is 2.10. The van der Waals surface area contributed by atoms with Crippen molar-refractivity contribution in [1.82, 2.24) is 9.97 Å². The average molecular weight is 167 g/mol. The van der Waals surface area contributed by atoms with Crippen LogP contribution in [-0.2, 0) is 4.79 Å². The second-order valence-electron chi connectivity index (χ2n) is 2.34. The number of carboxylic acid groups (broad SMARTS) is 1. The van der Waals surface area contributed by atoms with E-state index in [0.717, 1.165) is 0 Å². The first-order chi connectivity index (χ1) is 5.70. The highest BCUT2D eigenvalue weighted by Crippen LogP contribution is 2.08. The maximum absolute atomic E-state index is 10.3. The van der Waals surface area contributed by atoms with Crippen LogP contribution in [0.25, 0.3) is 0 Å². The number of aliphatic carboxylic acids is 1. The summed E-state index contributed by atoms with van der Waals surface area (Å²) in [6.45, 7) is 0. The Balaban J connectivity index is 2.65. The molecule has 0 aromatic carbocycles. The van der Waals surface area contributed by atoms with Gasteiger partial charge in [-0.3, -0.25) is 4.79 Å². The molecule has 1 aromatic rings. The summed E-state index contributed by atoms with van der Waals surface area (Å²) in [5.41, 5.74) is 6.07. The molecule has 1 unspecified atom stereocenters. The summed E-state index contributed by atoms with van der Waals surface area (Å²) in [7, 11) is 0. The van der Waals surface area contributed by atoms with E-state index in [1.54, 1.807) is 6.07 Å². The van der Waals surface area contributed by atoms with Crippen LogP contribution in [0, 0.1) is 0 Å². The van der Waals surface area contributed by atoms with Crippen LogP contribution < -0.4 is 5.73 Å². The fourth-order valence-corrected chi connectivity index (χ4v) is 0.813. The Bertz CT molecular complexity index is 263. The molecule has 5 nitrogen and oxygen atoms in total. The molecule has 0 saturated heterocycles. The number of rotatable bonds is 3. The average Bonchev–Trinajstić information content (AvgIpc) is 2.05. The summed E-state index contributed by atoms with van der Waals surface area (Å²) in [5, 5.41) is 8.42. The highest BCUT2D eigenvalue weighted by molar-refractivity contribution is 5.67. The van der Waals surface area contributed by atoms with E-state index in [-0.39, 0.29) is 6.42 Å². The van der Waals surface area contributed by atoms with Crippen LogP contribution >= 0.6 is 0 Å². The second-order valence-corrected chi connectivity index (χ2v) is 2.34. The molecular formula is C7H9N3O2. The van der Waals surface area contributed by atoms with Gasteiger partial charge in [-0.1, -0.05) is 0 Å². The lowest BCUT2D eigenvalue weighted by atomic mass is 10.1. The van der Waals surface area contributed by atoms with Crippen molar-refractivity contribution in [2.75, 3.05) is 0 Å². The number of carbonyl (C=O) groups is 1. The van der Waals surface area contributed by atoms with E-state index in [1.165, 1.54) is 12.5 Å². The Labute approximate surface area is 69.3 Å². The number of hydrogen-bond acceptors (Lipinski definition) is 4. The molecule has 1 aromatic heterocycles. The lowest BCUT2D eigenvalue weighted by Crippen LogP contribution is -2.16. The van der Waals surface area contributed by atoms with Crippen LogP contribution in [0.2, 0.25) is 0 Å². The predicted molar refractivity (Wildman–Crippen MR) is 41.2 cm³/mol. The standard InChI is InChI=1S/C7H9N3O2/c8-5(3-7(11)12)6-1-2-9-4-10-6/h1-2,4-5H,3,8H2,(H,11,12). The third kappa shape index (κ3) is 2.28. The van der Waals surface area contributed by atoms with Gasteiger partial charge in [0.1, 0.15) is 6.33 Å². The van der Waals surface area contributed by atoms with Crippen molar-refractivity contribution in [2.45, 2.75) is 12.5 Å². The van der Waals surface area contributed by atoms with Crippen molar-refractivity contribution < 1.29 is 9.90 Å². The van der Waals surface area contributed by atoms with Crippen LogP contribution in [0.1, 0.15) is 18.2 Å². The minimum Gasteiger partial charge on any atom is -0.481 e. The van der Waals surface area contributed by atoms with Crippen LogP contribution in [0.5, 0.6) is 0 Å². The Kier molecular flexibility index (Phi) is 2.71. The van der Waals surface area contributed by atoms with E-state index in [2.05, 4.69) is 9.97 Å². The second kappa shape index (κ2) is 3.77. The quantitative estimate of drug-likeness (QED) is 0.658. The molecule has 0 amide bonds. The maximum Gasteiger partial charge on any atom is 0.305 e. The highest BCUT2D eigenvalue weighted by atomic mass is 16.4. The molecule has 1 rings (SSSR count). The molecule has 0 radical (unpaired) electrons. The van der Waals surface area contributed by atoms with Crippen molar-refractivity contribution in [3.8, 4) is 0 Å². The van der Waals surface area contributed by atoms with E-state index in [9.17, 15) is 4.79 Å². The van der Waals surface area contributed by atoms with Gasteiger partial charge in [0, 0.05) is 6.20 Å². The molecule has 0 saturated carbocycles. The first-order valence-corrected chi connectivity index (χ1v) is 3.43. The summed E-state index contributed by atoms with van der Waals surface area (Å²) in [4.78, 5) is 17.8. The van der Waals surface area contributed by atoms with Crippen molar-refractivity contribution in [2.24, 2.45) is 5.73 Å². The number of carboxylic acids is 1. The van der Waals surface area contributed by atoms with Gasteiger partial charge in [-0.25, -0.2) is 9.97 Å². The van der Waals surface area contributed by atoms with Gasteiger partial charge in [0.25, 0.3) is 0 Å². The minimum atomic E-state index is -0.930. The summed E-state index contributed by atoms with van der Waals surface area (Å²) in [6, 6.07) is 1.05. The fraction of sp³-hybridized carbons (Fsp3) is 0.286. The molecule has 0 aliphatic rings. The van der Waals surface area contributed by atoms with E-state index in [1.807, 2.05) is 0 Å². The third-order valence-corrected chi connectivity index (χ3v) is 1.38. The molecule has 5 heteroatoms. The third-order valence-electron chi connectivity index (χ3n) is 1.38. The first kappa shape index (κ1) is 8.61. The van der Waals surface area contributed by atoms with Crippen LogP contribution in [0.4, 0.5) is 0 Å². The van der Waals surface area contributed by atoms with Crippen molar-refractivity contribution in [3.05, 3.63) is 24.3 Å². The van der Waals surface area contributed by atoms with Crippen LogP contribution in [0.15, 0.2) is 18.6 Å². The molecule has 3 N–H and O–H groups in total. The van der Waals surface area contributed by atoms with Gasteiger partial charge in [0.2, 0.25) is 0 Å². The molecular weight excluding hydrogens is 158 g/mol. The normalized spacial score (nSPS) is 12.4. The van der Waals surface area contributed by atoms with E-state index >= 15 is 0 Å². The van der Waals surface area contributed by atoms with E-state index < -0.39 is 12.0 Å². The largest absolute Gasteiger partial charge is 0.481 e. The molecule has 0 bridgehead atoms. The lowest BCUT2D eigenvalue weighted by molar-refractivity contribution is -0.137. The van der Waals surface area contributed by atoms with Gasteiger partial charge in [-0.15, -0.1) is 0 Å². The zero-order valence-corrected chi connectivity index (χ0v) is 6.34. The number of nitrogens with zero attached hydrogens (tertiary/aromatic N) is 2. The van der Waals surface area contributed by atoms with Crippen molar-refractivity contribution in [1.29, 1.82) is 0 Å². The summed E-state index contributed by atoms with van der Waals surface area (Å²) < 4.78 is 0. The summed E-state index contributed by atoms with van der Waals surface area (Å²) >= 11 is 0. The minimum absolute atomic E-state index is 0.114. The number of aromatic nitrogens is 2. The molecule has 0 fully saturated rings. The predicted octanol–water partition coefficient (Wildman–Crippen LogP) is -0.0489. The van der Waals surface area contributed by atoms with Gasteiger partial charge < -0.3 is 10.8 Å². The Morgan fingerprint density at radius 2 is 2.50 bits per heavy atom. The van der Waals surface area contributed by atoms with E-state index in [0.29, 0.717) is 5.69 Å². The van der Waals surface area contributed by atoms with Gasteiger partial charge in [0.05, 0.1) is 18.2 Å². The fourth-order valence-electron chi connectivity index (χ4n) is 0.813. The zero-order valence-electron chi connectivity index (χ0n) is 6.34. The molecule has 12 heavy (non-hydrogen) atoms. The topological polar surface area (TPSA) is 89.1 Å². The molecule has 0 aliphatic carbocycles. The Morgan fingerprint density at radius 3 is 3.00 bits per heavy atom. The smallest absolute Gasteiger partial charge is 0.305 e. The van der Waals surface area contributed by atoms with E-state index in [4.69, 9.17) is 10.8 Å². The Hall–Kier alpha value is -1.49. The molecule has 0 aliphatic heterocycles.